The molecule has 3 heterocycles. The van der Waals surface area contributed by atoms with Crippen molar-refractivity contribution in [3.05, 3.63) is 47.4 Å². The van der Waals surface area contributed by atoms with E-state index in [2.05, 4.69) is 15.0 Å². The van der Waals surface area contributed by atoms with E-state index in [0.717, 1.165) is 5.69 Å². The van der Waals surface area contributed by atoms with Crippen LogP contribution in [0.4, 0.5) is 10.2 Å². The van der Waals surface area contributed by atoms with Crippen LogP contribution in [-0.2, 0) is 6.42 Å². The third-order valence-corrected chi connectivity index (χ3v) is 4.34. The first-order valence-corrected chi connectivity index (χ1v) is 7.85. The molecule has 6 heteroatoms. The Bertz CT molecular complexity index is 684. The monoisotopic (exact) mass is 316 g/mol. The van der Waals surface area contributed by atoms with E-state index in [4.69, 9.17) is 0 Å². The molecule has 23 heavy (non-hydrogen) atoms. The second-order valence-electron chi connectivity index (χ2n) is 6.20. The van der Waals surface area contributed by atoms with E-state index >= 15 is 0 Å². The maximum Gasteiger partial charge on any atom is 0.186 e. The number of hydrogen-bond donors (Lipinski definition) is 1. The summed E-state index contributed by atoms with van der Waals surface area (Å²) in [5, 5.41) is 10.8. The molecule has 0 saturated carbocycles. The van der Waals surface area contributed by atoms with E-state index < -0.39 is 5.60 Å². The van der Waals surface area contributed by atoms with Crippen molar-refractivity contribution in [3.63, 3.8) is 0 Å². The first-order chi connectivity index (χ1) is 11.0. The predicted octanol–water partition coefficient (Wildman–Crippen LogP) is 2.20. The highest BCUT2D eigenvalue weighted by Crippen LogP contribution is 2.29. The van der Waals surface area contributed by atoms with Gasteiger partial charge in [0.2, 0.25) is 0 Å². The predicted molar refractivity (Wildman–Crippen MR) is 85.8 cm³/mol. The maximum atomic E-state index is 14.3. The molecule has 2 aromatic rings. The minimum Gasteiger partial charge on any atom is -0.389 e. The standard InChI is InChI=1S/C17H21FN4O/c1-12-15(18)16(21-13(2)20-12)22-9-6-17(23,7-10-22)11-14-5-3-4-8-19-14/h3-5,8,23H,6-7,9-11H2,1-2H3. The van der Waals surface area contributed by atoms with Crippen molar-refractivity contribution in [2.24, 2.45) is 0 Å². The van der Waals surface area contributed by atoms with Crippen LogP contribution in [0.3, 0.4) is 0 Å². The van der Waals surface area contributed by atoms with E-state index in [1.165, 1.54) is 0 Å². The number of aryl methyl sites for hydroxylation is 2. The minimum absolute atomic E-state index is 0.342. The van der Waals surface area contributed by atoms with Gasteiger partial charge in [-0.05, 0) is 38.8 Å². The Labute approximate surface area is 135 Å². The fourth-order valence-corrected chi connectivity index (χ4v) is 3.04. The Kier molecular flexibility index (Phi) is 4.26. The highest BCUT2D eigenvalue weighted by atomic mass is 19.1. The second-order valence-corrected chi connectivity index (χ2v) is 6.20. The summed E-state index contributed by atoms with van der Waals surface area (Å²) in [6.45, 7) is 4.54. The van der Waals surface area contributed by atoms with Crippen LogP contribution in [0.5, 0.6) is 0 Å². The zero-order valence-electron chi connectivity index (χ0n) is 13.5. The minimum atomic E-state index is -0.793. The van der Waals surface area contributed by atoms with Gasteiger partial charge in [0.25, 0.3) is 0 Å². The molecular formula is C17H21FN4O. The molecule has 0 aromatic carbocycles. The van der Waals surface area contributed by atoms with E-state index in [-0.39, 0.29) is 5.82 Å². The molecule has 1 aliphatic rings. The van der Waals surface area contributed by atoms with E-state index in [1.54, 1.807) is 20.0 Å². The van der Waals surface area contributed by atoms with Crippen molar-refractivity contribution in [2.45, 2.75) is 38.7 Å². The summed E-state index contributed by atoms with van der Waals surface area (Å²) in [5.74, 6) is 0.536. The molecule has 0 unspecified atom stereocenters. The highest BCUT2D eigenvalue weighted by Gasteiger charge is 2.34. The lowest BCUT2D eigenvalue weighted by atomic mass is 9.87. The molecule has 0 spiro atoms. The van der Waals surface area contributed by atoms with E-state index in [1.807, 2.05) is 23.1 Å². The number of nitrogens with zero attached hydrogens (tertiary/aromatic N) is 4. The summed E-state index contributed by atoms with van der Waals surface area (Å²) in [6, 6.07) is 5.70. The van der Waals surface area contributed by atoms with Gasteiger partial charge in [0.05, 0.1) is 11.3 Å². The molecule has 3 rings (SSSR count). The lowest BCUT2D eigenvalue weighted by Crippen LogP contribution is -2.46. The fraction of sp³-hybridized carbons (Fsp3) is 0.471. The lowest BCUT2D eigenvalue weighted by Gasteiger charge is -2.38. The summed E-state index contributed by atoms with van der Waals surface area (Å²) in [7, 11) is 0. The van der Waals surface area contributed by atoms with Crippen LogP contribution in [0.15, 0.2) is 24.4 Å². The van der Waals surface area contributed by atoms with Crippen molar-refractivity contribution < 1.29 is 9.50 Å². The summed E-state index contributed by atoms with van der Waals surface area (Å²) < 4.78 is 14.3. The molecule has 122 valence electrons. The summed E-state index contributed by atoms with van der Waals surface area (Å²) in [5.41, 5.74) is 0.448. The molecule has 0 amide bonds. The van der Waals surface area contributed by atoms with Crippen LogP contribution >= 0.6 is 0 Å². The van der Waals surface area contributed by atoms with Gasteiger partial charge < -0.3 is 10.0 Å². The first kappa shape index (κ1) is 15.8. The summed E-state index contributed by atoms with van der Waals surface area (Å²) in [4.78, 5) is 14.4. The third-order valence-electron chi connectivity index (χ3n) is 4.34. The smallest absolute Gasteiger partial charge is 0.186 e. The van der Waals surface area contributed by atoms with Gasteiger partial charge in [-0.3, -0.25) is 4.98 Å². The van der Waals surface area contributed by atoms with Crippen molar-refractivity contribution in [1.29, 1.82) is 0 Å². The van der Waals surface area contributed by atoms with Gasteiger partial charge in [-0.25, -0.2) is 14.4 Å². The maximum absolute atomic E-state index is 14.3. The molecule has 0 radical (unpaired) electrons. The molecule has 0 atom stereocenters. The quantitative estimate of drug-likeness (QED) is 0.940. The Hall–Kier alpha value is -2.08. The fourth-order valence-electron chi connectivity index (χ4n) is 3.04. The van der Waals surface area contributed by atoms with Crippen molar-refractivity contribution in [2.75, 3.05) is 18.0 Å². The van der Waals surface area contributed by atoms with Crippen LogP contribution in [0.1, 0.15) is 30.1 Å². The number of aromatic nitrogens is 3. The number of aliphatic hydroxyl groups is 1. The zero-order valence-corrected chi connectivity index (χ0v) is 13.5. The van der Waals surface area contributed by atoms with Gasteiger partial charge in [-0.2, -0.15) is 0 Å². The van der Waals surface area contributed by atoms with Gasteiger partial charge >= 0.3 is 0 Å². The Morgan fingerprint density at radius 1 is 1.22 bits per heavy atom. The Morgan fingerprint density at radius 3 is 2.61 bits per heavy atom. The molecule has 0 aliphatic carbocycles. The number of piperidine rings is 1. The van der Waals surface area contributed by atoms with Gasteiger partial charge in [-0.15, -0.1) is 0 Å². The Balaban J connectivity index is 1.71. The number of rotatable bonds is 3. The molecular weight excluding hydrogens is 295 g/mol. The Morgan fingerprint density at radius 2 is 1.96 bits per heavy atom. The highest BCUT2D eigenvalue weighted by molar-refractivity contribution is 5.42. The molecule has 1 N–H and O–H groups in total. The van der Waals surface area contributed by atoms with Crippen LogP contribution in [0.2, 0.25) is 0 Å². The van der Waals surface area contributed by atoms with E-state index in [9.17, 15) is 9.50 Å². The average Bonchev–Trinajstić information content (AvgIpc) is 2.52. The van der Waals surface area contributed by atoms with Crippen molar-refractivity contribution >= 4 is 5.82 Å². The number of anilines is 1. The topological polar surface area (TPSA) is 62.1 Å². The first-order valence-electron chi connectivity index (χ1n) is 7.85. The zero-order chi connectivity index (χ0) is 16.4. The van der Waals surface area contributed by atoms with Crippen LogP contribution in [0.25, 0.3) is 0 Å². The van der Waals surface area contributed by atoms with Gasteiger partial charge in [0, 0.05) is 31.4 Å². The van der Waals surface area contributed by atoms with E-state index in [0.29, 0.717) is 49.7 Å². The molecule has 1 saturated heterocycles. The lowest BCUT2D eigenvalue weighted by molar-refractivity contribution is 0.0154. The normalized spacial score (nSPS) is 17.3. The number of pyridine rings is 1. The van der Waals surface area contributed by atoms with Gasteiger partial charge in [-0.1, -0.05) is 6.07 Å². The molecule has 1 aliphatic heterocycles. The van der Waals surface area contributed by atoms with Crippen LogP contribution in [-0.4, -0.2) is 38.7 Å². The molecule has 5 nitrogen and oxygen atoms in total. The van der Waals surface area contributed by atoms with Crippen LogP contribution in [0, 0.1) is 19.7 Å². The van der Waals surface area contributed by atoms with Gasteiger partial charge in [0.15, 0.2) is 11.6 Å². The third kappa shape index (κ3) is 3.47. The molecule has 2 aromatic heterocycles. The molecule has 1 fully saturated rings. The van der Waals surface area contributed by atoms with Crippen molar-refractivity contribution in [3.8, 4) is 0 Å². The van der Waals surface area contributed by atoms with Crippen LogP contribution < -0.4 is 4.90 Å². The largest absolute Gasteiger partial charge is 0.389 e. The second kappa shape index (κ2) is 6.20. The number of hydrogen-bond acceptors (Lipinski definition) is 5. The number of halogens is 1. The van der Waals surface area contributed by atoms with Crippen molar-refractivity contribution in [1.82, 2.24) is 15.0 Å². The van der Waals surface area contributed by atoms with Gasteiger partial charge in [0.1, 0.15) is 5.82 Å². The summed E-state index contributed by atoms with van der Waals surface area (Å²) in [6.07, 6.45) is 3.37. The average molecular weight is 316 g/mol. The SMILES string of the molecule is Cc1nc(C)c(F)c(N2CCC(O)(Cc3ccccn3)CC2)n1. The molecule has 0 bridgehead atoms. The summed E-state index contributed by atoms with van der Waals surface area (Å²) >= 11 is 0.